The van der Waals surface area contributed by atoms with Crippen molar-refractivity contribution in [3.63, 3.8) is 0 Å². The van der Waals surface area contributed by atoms with Gasteiger partial charge in [-0.05, 0) is 93.5 Å². The average molecular weight is 514 g/mol. The minimum absolute atomic E-state index is 0.390. The molecule has 0 unspecified atom stereocenters. The SMILES string of the molecule is CCCN(C)/C=C(\C=C(\C)C=O)c1cc(OC)c(CCN2CCC(OC3CCNCC3)CC2)c(OC)c1. The number of benzene rings is 1. The Morgan fingerprint density at radius 2 is 1.70 bits per heavy atom. The highest BCUT2D eigenvalue weighted by molar-refractivity contribution is 5.83. The van der Waals surface area contributed by atoms with Gasteiger partial charge in [-0.1, -0.05) is 6.92 Å². The van der Waals surface area contributed by atoms with Crippen LogP contribution < -0.4 is 14.8 Å². The van der Waals surface area contributed by atoms with Crippen LogP contribution in [0, 0.1) is 0 Å². The molecule has 3 rings (SSSR count). The number of hydrogen-bond donors (Lipinski definition) is 1. The predicted molar refractivity (Wildman–Crippen MR) is 150 cm³/mol. The van der Waals surface area contributed by atoms with Crippen LogP contribution in [0.3, 0.4) is 0 Å². The van der Waals surface area contributed by atoms with Crippen molar-refractivity contribution in [1.29, 1.82) is 0 Å². The minimum Gasteiger partial charge on any atom is -0.496 e. The van der Waals surface area contributed by atoms with Gasteiger partial charge in [0.15, 0.2) is 0 Å². The number of allylic oxidation sites excluding steroid dienone is 3. The fourth-order valence-corrected chi connectivity index (χ4v) is 5.27. The first-order chi connectivity index (χ1) is 18.0. The molecule has 0 aliphatic carbocycles. The highest BCUT2D eigenvalue weighted by Gasteiger charge is 2.24. The van der Waals surface area contributed by atoms with Crippen LogP contribution in [0.2, 0.25) is 0 Å². The highest BCUT2D eigenvalue weighted by Crippen LogP contribution is 2.35. The number of likely N-dealkylation sites (tertiary alicyclic amines) is 1. The maximum atomic E-state index is 11.4. The van der Waals surface area contributed by atoms with Crippen LogP contribution in [0.15, 0.2) is 30.0 Å². The van der Waals surface area contributed by atoms with E-state index in [4.69, 9.17) is 14.2 Å². The molecule has 206 valence electrons. The monoisotopic (exact) mass is 513 g/mol. The molecule has 0 saturated carbocycles. The number of nitrogens with zero attached hydrogens (tertiary/aromatic N) is 2. The van der Waals surface area contributed by atoms with E-state index < -0.39 is 0 Å². The van der Waals surface area contributed by atoms with Gasteiger partial charge >= 0.3 is 0 Å². The van der Waals surface area contributed by atoms with Crippen LogP contribution in [0.1, 0.15) is 57.1 Å². The topological polar surface area (TPSA) is 63.3 Å². The number of rotatable bonds is 13. The molecule has 2 fully saturated rings. The second-order valence-corrected chi connectivity index (χ2v) is 10.3. The lowest BCUT2D eigenvalue weighted by Crippen LogP contribution is -2.41. The average Bonchev–Trinajstić information content (AvgIpc) is 2.92. The zero-order chi connectivity index (χ0) is 26.6. The summed E-state index contributed by atoms with van der Waals surface area (Å²) in [6, 6.07) is 4.13. The third kappa shape index (κ3) is 8.87. The van der Waals surface area contributed by atoms with E-state index in [1.165, 1.54) is 0 Å². The lowest BCUT2D eigenvalue weighted by Gasteiger charge is -2.35. The molecule has 2 heterocycles. The fourth-order valence-electron chi connectivity index (χ4n) is 5.27. The minimum atomic E-state index is 0.390. The number of methoxy groups -OCH3 is 2. The van der Waals surface area contributed by atoms with E-state index in [1.54, 1.807) is 14.2 Å². The summed E-state index contributed by atoms with van der Waals surface area (Å²) in [6.45, 7) is 10.1. The van der Waals surface area contributed by atoms with Crippen molar-refractivity contribution < 1.29 is 19.0 Å². The normalized spacial score (nSPS) is 18.6. The first-order valence-electron chi connectivity index (χ1n) is 13.9. The van der Waals surface area contributed by atoms with Crippen molar-refractivity contribution in [2.75, 3.05) is 60.5 Å². The molecule has 0 spiro atoms. The highest BCUT2D eigenvalue weighted by atomic mass is 16.5. The van der Waals surface area contributed by atoms with Crippen LogP contribution in [0.25, 0.3) is 5.57 Å². The Hall–Kier alpha value is -2.35. The number of carbonyl (C=O) groups is 1. The van der Waals surface area contributed by atoms with Crippen molar-refractivity contribution in [1.82, 2.24) is 15.1 Å². The van der Waals surface area contributed by atoms with Crippen molar-refractivity contribution in [3.8, 4) is 11.5 Å². The van der Waals surface area contributed by atoms with Gasteiger partial charge in [0, 0.05) is 45.0 Å². The number of aldehydes is 1. The molecule has 0 atom stereocenters. The van der Waals surface area contributed by atoms with Gasteiger partial charge in [0.2, 0.25) is 0 Å². The molecule has 2 saturated heterocycles. The molecule has 0 radical (unpaired) electrons. The zero-order valence-corrected chi connectivity index (χ0v) is 23.6. The van der Waals surface area contributed by atoms with Gasteiger partial charge in [0.25, 0.3) is 0 Å². The lowest BCUT2D eigenvalue weighted by atomic mass is 9.98. The molecule has 2 aliphatic rings. The molecular weight excluding hydrogens is 466 g/mol. The van der Waals surface area contributed by atoms with Crippen LogP contribution >= 0.6 is 0 Å². The summed E-state index contributed by atoms with van der Waals surface area (Å²) in [5.74, 6) is 1.64. The molecular formula is C30H47N3O4. The van der Waals surface area contributed by atoms with Crippen molar-refractivity contribution in [2.24, 2.45) is 0 Å². The molecule has 0 aromatic heterocycles. The van der Waals surface area contributed by atoms with Gasteiger partial charge in [-0.2, -0.15) is 0 Å². The zero-order valence-electron chi connectivity index (χ0n) is 23.6. The third-order valence-electron chi connectivity index (χ3n) is 7.33. The van der Waals surface area contributed by atoms with Gasteiger partial charge in [0.05, 0.1) is 26.4 Å². The Labute approximate surface area is 223 Å². The summed E-state index contributed by atoms with van der Waals surface area (Å²) in [4.78, 5) is 16.0. The summed E-state index contributed by atoms with van der Waals surface area (Å²) in [5, 5.41) is 3.41. The Bertz CT molecular complexity index is 890. The number of ether oxygens (including phenoxy) is 3. The molecule has 1 aromatic rings. The predicted octanol–water partition coefficient (Wildman–Crippen LogP) is 4.31. The van der Waals surface area contributed by atoms with E-state index >= 15 is 0 Å². The maximum absolute atomic E-state index is 11.4. The first-order valence-corrected chi connectivity index (χ1v) is 13.9. The lowest BCUT2D eigenvalue weighted by molar-refractivity contribution is -0.104. The Morgan fingerprint density at radius 1 is 1.08 bits per heavy atom. The van der Waals surface area contributed by atoms with Crippen LogP contribution in [-0.4, -0.2) is 88.8 Å². The number of nitrogens with one attached hydrogen (secondary N) is 1. The summed E-state index contributed by atoms with van der Waals surface area (Å²) >= 11 is 0. The van der Waals surface area contributed by atoms with E-state index in [2.05, 4.69) is 47.4 Å². The first kappa shape index (κ1) is 29.2. The summed E-state index contributed by atoms with van der Waals surface area (Å²) in [6.07, 6.45) is 12.1. The van der Waals surface area contributed by atoms with Gasteiger partial charge in [0.1, 0.15) is 17.8 Å². The van der Waals surface area contributed by atoms with Gasteiger partial charge < -0.3 is 29.3 Å². The summed E-state index contributed by atoms with van der Waals surface area (Å²) in [5.41, 5.74) is 3.68. The second kappa shape index (κ2) is 15.2. The number of piperidine rings is 2. The van der Waals surface area contributed by atoms with E-state index in [0.29, 0.717) is 17.8 Å². The Balaban J connectivity index is 1.69. The standard InChI is InChI=1S/C30H47N3O4/c1-6-14-32(3)21-25(18-23(2)22-34)24-19-29(35-4)28(30(20-24)36-5)11-17-33-15-9-27(10-16-33)37-26-7-12-31-13-8-26/h18-22,26-27,31H,6-17H2,1-5H3/b23-18-,25-21+. The van der Waals surface area contributed by atoms with E-state index in [9.17, 15) is 4.79 Å². The van der Waals surface area contributed by atoms with Crippen LogP contribution in [-0.2, 0) is 16.0 Å². The fraction of sp³-hybridized carbons (Fsp3) is 0.633. The Kier molecular flexibility index (Phi) is 12.0. The quantitative estimate of drug-likeness (QED) is 0.240. The number of hydrogen-bond acceptors (Lipinski definition) is 7. The Morgan fingerprint density at radius 3 is 2.27 bits per heavy atom. The van der Waals surface area contributed by atoms with E-state index in [1.807, 2.05) is 13.0 Å². The molecule has 1 N–H and O–H groups in total. The molecule has 2 aliphatic heterocycles. The van der Waals surface area contributed by atoms with Crippen molar-refractivity contribution in [2.45, 2.75) is 64.6 Å². The summed E-state index contributed by atoms with van der Waals surface area (Å²) in [7, 11) is 5.48. The van der Waals surface area contributed by atoms with Crippen LogP contribution in [0.4, 0.5) is 0 Å². The molecule has 1 aromatic carbocycles. The van der Waals surface area contributed by atoms with Crippen molar-refractivity contribution in [3.05, 3.63) is 41.1 Å². The largest absolute Gasteiger partial charge is 0.496 e. The number of carbonyl (C=O) groups excluding carboxylic acids is 1. The molecule has 7 nitrogen and oxygen atoms in total. The summed E-state index contributed by atoms with van der Waals surface area (Å²) < 4.78 is 18.1. The van der Waals surface area contributed by atoms with Gasteiger partial charge in [-0.15, -0.1) is 0 Å². The van der Waals surface area contributed by atoms with Gasteiger partial charge in [-0.3, -0.25) is 4.79 Å². The smallest absolute Gasteiger partial charge is 0.145 e. The van der Waals surface area contributed by atoms with E-state index in [0.717, 1.165) is 112 Å². The van der Waals surface area contributed by atoms with Crippen LogP contribution in [0.5, 0.6) is 11.5 Å². The second-order valence-electron chi connectivity index (χ2n) is 10.3. The molecule has 7 heteroatoms. The third-order valence-corrected chi connectivity index (χ3v) is 7.33. The van der Waals surface area contributed by atoms with Crippen molar-refractivity contribution >= 4 is 11.9 Å². The molecule has 0 bridgehead atoms. The van der Waals surface area contributed by atoms with E-state index in [-0.39, 0.29) is 0 Å². The molecule has 0 amide bonds. The van der Waals surface area contributed by atoms with Gasteiger partial charge in [-0.25, -0.2) is 0 Å². The molecule has 37 heavy (non-hydrogen) atoms. The maximum Gasteiger partial charge on any atom is 0.145 e.